The molecule has 0 saturated carbocycles. The zero-order valence-corrected chi connectivity index (χ0v) is 30.2. The van der Waals surface area contributed by atoms with Crippen LogP contribution in [0.1, 0.15) is 72.2 Å². The van der Waals surface area contributed by atoms with Gasteiger partial charge in [-0.1, -0.05) is 27.7 Å². The van der Waals surface area contributed by atoms with Gasteiger partial charge in [0.2, 0.25) is 5.95 Å². The summed E-state index contributed by atoms with van der Waals surface area (Å²) in [4.78, 5) is 24.4. The first kappa shape index (κ1) is 35.1. The van der Waals surface area contributed by atoms with Crippen LogP contribution in [0, 0.1) is 18.3 Å². The Kier molecular flexibility index (Phi) is 10.0. The zero-order valence-electron chi connectivity index (χ0n) is 29.2. The quantitative estimate of drug-likeness (QED) is 0.178. The molecule has 0 fully saturated rings. The molecule has 1 atom stereocenters. The van der Waals surface area contributed by atoms with Crippen LogP contribution in [0.25, 0.3) is 11.3 Å². The van der Waals surface area contributed by atoms with Gasteiger partial charge in [-0.3, -0.25) is 4.90 Å². The first-order valence-corrected chi connectivity index (χ1v) is 18.7. The van der Waals surface area contributed by atoms with Gasteiger partial charge in [0, 0.05) is 43.0 Å². The average Bonchev–Trinajstić information content (AvgIpc) is 3.46. The van der Waals surface area contributed by atoms with Gasteiger partial charge in [0.15, 0.2) is 8.32 Å². The number of carbonyl (C=O) groups excluding carboxylic acids is 1. The van der Waals surface area contributed by atoms with E-state index in [4.69, 9.17) is 18.9 Å². The molecule has 11 nitrogen and oxygen atoms in total. The summed E-state index contributed by atoms with van der Waals surface area (Å²) >= 11 is 0. The number of nitrogens with one attached hydrogen (secondary N) is 1. The molecule has 0 bridgehead atoms. The SMILES string of the molecule is CCOCCn1nc(C)cc1Nc1nccc(-c2cc(C#N)c3c(c2)[C@@](C)(CO[Si](C)(C)C(C)(C)C)CN3C(=O)OC(C)(C)C)n1. The highest BCUT2D eigenvalue weighted by molar-refractivity contribution is 6.74. The molecule has 0 aliphatic carbocycles. The molecule has 1 amide bonds. The third kappa shape index (κ3) is 7.77. The first-order valence-electron chi connectivity index (χ1n) is 15.8. The molecule has 0 unspecified atom stereocenters. The third-order valence-corrected chi connectivity index (χ3v) is 13.1. The molecule has 1 aliphatic heterocycles. The predicted octanol–water partition coefficient (Wildman–Crippen LogP) is 7.33. The number of aromatic nitrogens is 4. The van der Waals surface area contributed by atoms with Crippen LogP contribution in [0.2, 0.25) is 18.1 Å². The zero-order chi connectivity index (χ0) is 34.1. The summed E-state index contributed by atoms with van der Waals surface area (Å²) in [5.41, 5.74) is 2.73. The van der Waals surface area contributed by atoms with Gasteiger partial charge in [-0.25, -0.2) is 19.4 Å². The summed E-state index contributed by atoms with van der Waals surface area (Å²) in [5.74, 6) is 1.15. The van der Waals surface area contributed by atoms with Gasteiger partial charge in [-0.05, 0) is 76.5 Å². The molecular formula is C34H49N7O4Si. The highest BCUT2D eigenvalue weighted by atomic mass is 28.4. The lowest BCUT2D eigenvalue weighted by molar-refractivity contribution is 0.0575. The summed E-state index contributed by atoms with van der Waals surface area (Å²) in [6, 6.07) is 9.90. The lowest BCUT2D eigenvalue weighted by atomic mass is 9.83. The van der Waals surface area contributed by atoms with Gasteiger partial charge in [-0.15, -0.1) is 0 Å². The molecule has 0 radical (unpaired) electrons. The number of nitrogens with zero attached hydrogens (tertiary/aromatic N) is 6. The van der Waals surface area contributed by atoms with Crippen molar-refractivity contribution in [1.82, 2.24) is 19.7 Å². The van der Waals surface area contributed by atoms with Crippen molar-refractivity contribution in [3.63, 3.8) is 0 Å². The molecule has 1 aliphatic rings. The Morgan fingerprint density at radius 1 is 1.17 bits per heavy atom. The molecule has 3 heterocycles. The van der Waals surface area contributed by atoms with Crippen molar-refractivity contribution in [2.45, 2.75) is 98.0 Å². The smallest absolute Gasteiger partial charge is 0.414 e. The highest BCUT2D eigenvalue weighted by Gasteiger charge is 2.47. The van der Waals surface area contributed by atoms with Crippen molar-refractivity contribution in [3.8, 4) is 17.3 Å². The standard InChI is InChI=1S/C34H49N7O4Si/c1-12-43-16-15-41-28(17-23(2)39-41)38-30-36-14-13-27(37-30)24-18-25(20-35)29-26(19-24)34(9,22-44-46(10,11)33(6,7)8)21-40(29)31(42)45-32(3,4)5/h13-14,17-19H,12,15-16,21-22H2,1-11H3,(H,36,37,38)/t34-/m1/s1. The number of ether oxygens (including phenoxy) is 2. The van der Waals surface area contributed by atoms with E-state index in [0.29, 0.717) is 55.8 Å². The Morgan fingerprint density at radius 2 is 1.89 bits per heavy atom. The number of hydrogen-bond acceptors (Lipinski definition) is 9. The van der Waals surface area contributed by atoms with Crippen LogP contribution < -0.4 is 10.2 Å². The molecule has 3 aromatic rings. The van der Waals surface area contributed by atoms with Crippen molar-refractivity contribution >= 4 is 31.9 Å². The van der Waals surface area contributed by atoms with Crippen molar-refractivity contribution in [2.75, 3.05) is 36.6 Å². The maximum atomic E-state index is 13.5. The molecule has 0 spiro atoms. The maximum Gasteiger partial charge on any atom is 0.414 e. The van der Waals surface area contributed by atoms with Gasteiger partial charge >= 0.3 is 6.09 Å². The van der Waals surface area contributed by atoms with Gasteiger partial charge in [0.25, 0.3) is 0 Å². The van der Waals surface area contributed by atoms with Crippen LogP contribution in [0.4, 0.5) is 22.2 Å². The fraction of sp³-hybridized carbons (Fsp3) is 0.559. The minimum atomic E-state index is -2.13. The van der Waals surface area contributed by atoms with Crippen molar-refractivity contribution in [3.05, 3.63) is 47.3 Å². The largest absolute Gasteiger partial charge is 0.443 e. The van der Waals surface area contributed by atoms with Crippen LogP contribution in [-0.4, -0.2) is 66.1 Å². The lowest BCUT2D eigenvalue weighted by Crippen LogP contribution is -2.46. The second kappa shape index (κ2) is 13.1. The van der Waals surface area contributed by atoms with Gasteiger partial charge in [-0.2, -0.15) is 10.4 Å². The summed E-state index contributed by atoms with van der Waals surface area (Å²) < 4.78 is 19.9. The van der Waals surface area contributed by atoms with E-state index < -0.39 is 25.4 Å². The summed E-state index contributed by atoms with van der Waals surface area (Å²) in [6.45, 7) is 25.0. The second-order valence-electron chi connectivity index (χ2n) is 14.7. The molecule has 1 aromatic carbocycles. The highest BCUT2D eigenvalue weighted by Crippen LogP contribution is 2.47. The van der Waals surface area contributed by atoms with E-state index in [-0.39, 0.29) is 5.04 Å². The topological polar surface area (TPSA) is 127 Å². The lowest BCUT2D eigenvalue weighted by Gasteiger charge is -2.39. The number of nitriles is 1. The molecule has 12 heteroatoms. The number of amides is 1. The van der Waals surface area contributed by atoms with Crippen LogP contribution in [-0.2, 0) is 25.9 Å². The normalized spacial score (nSPS) is 16.7. The third-order valence-electron chi connectivity index (χ3n) is 8.57. The number of carbonyl (C=O) groups is 1. The molecule has 0 saturated heterocycles. The number of anilines is 3. The van der Waals surface area contributed by atoms with Crippen LogP contribution in [0.5, 0.6) is 0 Å². The molecule has 46 heavy (non-hydrogen) atoms. The van der Waals surface area contributed by atoms with E-state index >= 15 is 0 Å². The molecule has 1 N–H and O–H groups in total. The van der Waals surface area contributed by atoms with Crippen LogP contribution in [0.3, 0.4) is 0 Å². The number of rotatable bonds is 10. The van der Waals surface area contributed by atoms with E-state index in [1.165, 1.54) is 0 Å². The monoisotopic (exact) mass is 647 g/mol. The second-order valence-corrected chi connectivity index (χ2v) is 19.5. The van der Waals surface area contributed by atoms with E-state index in [9.17, 15) is 10.1 Å². The van der Waals surface area contributed by atoms with E-state index in [2.05, 4.69) is 62.3 Å². The van der Waals surface area contributed by atoms with Crippen molar-refractivity contribution < 1.29 is 18.7 Å². The Bertz CT molecular complexity index is 1620. The summed E-state index contributed by atoms with van der Waals surface area (Å²) in [7, 11) is -2.13. The first-order chi connectivity index (χ1) is 21.4. The van der Waals surface area contributed by atoms with Crippen LogP contribution in [0.15, 0.2) is 30.5 Å². The minimum absolute atomic E-state index is 0.0105. The summed E-state index contributed by atoms with van der Waals surface area (Å²) in [6.07, 6.45) is 1.20. The number of hydrogen-bond donors (Lipinski definition) is 1. The Morgan fingerprint density at radius 3 is 2.52 bits per heavy atom. The van der Waals surface area contributed by atoms with Crippen molar-refractivity contribution in [2.24, 2.45) is 0 Å². The van der Waals surface area contributed by atoms with E-state index in [1.807, 2.05) is 57.5 Å². The molecular weight excluding hydrogens is 599 g/mol. The Balaban J connectivity index is 1.76. The number of fused-ring (bicyclic) bond motifs is 1. The summed E-state index contributed by atoms with van der Waals surface area (Å²) in [5, 5.41) is 18.3. The Labute approximate surface area is 274 Å². The van der Waals surface area contributed by atoms with E-state index in [0.717, 1.165) is 22.6 Å². The van der Waals surface area contributed by atoms with Gasteiger partial charge < -0.3 is 19.2 Å². The number of benzene rings is 1. The Hall–Kier alpha value is -3.79. The minimum Gasteiger partial charge on any atom is -0.443 e. The molecule has 4 rings (SSSR count). The van der Waals surface area contributed by atoms with Crippen LogP contribution >= 0.6 is 0 Å². The maximum absolute atomic E-state index is 13.5. The molecule has 248 valence electrons. The van der Waals surface area contributed by atoms with E-state index in [1.54, 1.807) is 17.2 Å². The fourth-order valence-electron chi connectivity index (χ4n) is 5.09. The average molecular weight is 648 g/mol. The predicted molar refractivity (Wildman–Crippen MR) is 183 cm³/mol. The van der Waals surface area contributed by atoms with Crippen molar-refractivity contribution in [1.29, 1.82) is 5.26 Å². The van der Waals surface area contributed by atoms with Gasteiger partial charge in [0.1, 0.15) is 17.5 Å². The number of aryl methyl sites for hydroxylation is 1. The fourth-order valence-corrected chi connectivity index (χ4v) is 6.20. The van der Waals surface area contributed by atoms with Gasteiger partial charge in [0.05, 0.1) is 35.8 Å². The molecule has 2 aromatic heterocycles.